The van der Waals surface area contributed by atoms with Gasteiger partial charge in [0.2, 0.25) is 11.8 Å². The third-order valence-electron chi connectivity index (χ3n) is 2.63. The summed E-state index contributed by atoms with van der Waals surface area (Å²) in [5, 5.41) is 3.72. The van der Waals surface area contributed by atoms with Crippen LogP contribution in [-0.4, -0.2) is 17.8 Å². The molecule has 17 heavy (non-hydrogen) atoms. The summed E-state index contributed by atoms with van der Waals surface area (Å²) in [6, 6.07) is -1.06. The van der Waals surface area contributed by atoms with E-state index in [0.717, 1.165) is 0 Å². The van der Waals surface area contributed by atoms with Crippen LogP contribution in [0.15, 0.2) is 12.7 Å². The van der Waals surface area contributed by atoms with Crippen LogP contribution >= 0.6 is 0 Å². The molecule has 1 rings (SSSR count). The summed E-state index contributed by atoms with van der Waals surface area (Å²) in [5.74, 6) is -4.18. The molecule has 0 aromatic rings. The van der Waals surface area contributed by atoms with Gasteiger partial charge in [-0.25, -0.2) is 4.79 Å². The third-order valence-corrected chi connectivity index (χ3v) is 2.63. The van der Waals surface area contributed by atoms with Crippen LogP contribution in [-0.2, 0) is 9.59 Å². The zero-order chi connectivity index (χ0) is 17.3. The molecule has 0 saturated carbocycles. The first kappa shape index (κ1) is 7.63. The van der Waals surface area contributed by atoms with Crippen LogP contribution < -0.4 is 10.6 Å². The van der Waals surface area contributed by atoms with Crippen molar-refractivity contribution < 1.29 is 21.2 Å². The van der Waals surface area contributed by atoms with E-state index in [1.807, 2.05) is 10.6 Å². The van der Waals surface area contributed by atoms with E-state index < -0.39 is 48.8 Å². The predicted octanol–water partition coefficient (Wildman–Crippen LogP) is 1.35. The number of barbiturate groups is 1. The highest BCUT2D eigenvalue weighted by atomic mass is 16.2. The molecule has 0 spiro atoms. The molecule has 5 heteroatoms. The summed E-state index contributed by atoms with van der Waals surface area (Å²) in [4.78, 5) is 35.9. The molecule has 1 heterocycles. The van der Waals surface area contributed by atoms with E-state index in [1.165, 1.54) is 13.0 Å². The van der Waals surface area contributed by atoms with Crippen LogP contribution in [0.1, 0.15) is 39.8 Å². The van der Waals surface area contributed by atoms with E-state index in [2.05, 4.69) is 6.58 Å². The molecule has 1 fully saturated rings. The molecule has 2 N–H and O–H groups in total. The van der Waals surface area contributed by atoms with Gasteiger partial charge in [0, 0.05) is 6.85 Å². The minimum atomic E-state index is -2.93. The molecule has 0 aromatic heterocycles. The molecule has 4 amide bonds. The Balaban J connectivity index is 3.61. The average Bonchev–Trinajstić information content (AvgIpc) is 2.34. The van der Waals surface area contributed by atoms with Gasteiger partial charge in [-0.3, -0.25) is 20.2 Å². The fourth-order valence-electron chi connectivity index (χ4n) is 1.74. The fourth-order valence-corrected chi connectivity index (χ4v) is 1.74. The Labute approximate surface area is 108 Å². The van der Waals surface area contributed by atoms with Gasteiger partial charge < -0.3 is 0 Å². The van der Waals surface area contributed by atoms with Crippen molar-refractivity contribution in [3.8, 4) is 0 Å². The molecular weight excluding hydrogens is 220 g/mol. The second-order valence-corrected chi connectivity index (χ2v) is 3.69. The maximum Gasteiger partial charge on any atom is 0.328 e. The van der Waals surface area contributed by atoms with Gasteiger partial charge in [-0.15, -0.1) is 6.58 Å². The first-order valence-corrected chi connectivity index (χ1v) is 5.21. The van der Waals surface area contributed by atoms with Gasteiger partial charge in [-0.1, -0.05) is 26.3 Å². The number of allylic oxidation sites excluding steroid dienone is 1. The van der Waals surface area contributed by atoms with Gasteiger partial charge in [0.05, 0.1) is 0 Å². The number of nitrogens with one attached hydrogen (secondary N) is 2. The topological polar surface area (TPSA) is 75.3 Å². The second kappa shape index (κ2) is 5.12. The van der Waals surface area contributed by atoms with Crippen LogP contribution in [0.5, 0.6) is 0 Å². The molecule has 0 aliphatic carbocycles. The zero-order valence-corrected chi connectivity index (χ0v) is 9.50. The Bertz CT molecular complexity index is 495. The molecule has 0 bridgehead atoms. The highest BCUT2D eigenvalue weighted by Crippen LogP contribution is 2.37. The third kappa shape index (κ3) is 2.23. The number of urea groups is 1. The van der Waals surface area contributed by atoms with E-state index in [9.17, 15) is 14.4 Å². The summed E-state index contributed by atoms with van der Waals surface area (Å²) < 4.78 is 38.9. The highest BCUT2D eigenvalue weighted by molar-refractivity contribution is 6.19. The van der Waals surface area contributed by atoms with Crippen LogP contribution in [0.3, 0.4) is 0 Å². The number of carbonyl (C=O) groups excluding carboxylic acids is 3. The van der Waals surface area contributed by atoms with Crippen molar-refractivity contribution in [3.05, 3.63) is 12.7 Å². The van der Waals surface area contributed by atoms with Crippen LogP contribution in [0.2, 0.25) is 0 Å². The number of imide groups is 2. The monoisotopic (exact) mass is 243 g/mol. The van der Waals surface area contributed by atoms with Gasteiger partial charge in [0.1, 0.15) is 5.41 Å². The van der Waals surface area contributed by atoms with Gasteiger partial charge in [0.25, 0.3) is 0 Å². The quantitative estimate of drug-likeness (QED) is 0.565. The normalized spacial score (nSPS) is 26.4. The molecule has 1 saturated heterocycles. The standard InChI is InChI=1S/C12H18N2O3/c1-4-6-8(3)12(7-5-2)9(15)13-11(17)14-10(12)16/h5,8H,2,4,6-7H2,1,3H3,(H2,13,14,15,16,17)/i3D3,6D2. The first-order chi connectivity index (χ1) is 9.93. The van der Waals surface area contributed by atoms with Crippen molar-refractivity contribution in [2.24, 2.45) is 11.3 Å². The second-order valence-electron chi connectivity index (χ2n) is 3.69. The number of carbonyl (C=O) groups is 3. The van der Waals surface area contributed by atoms with Crippen molar-refractivity contribution >= 4 is 17.8 Å². The van der Waals surface area contributed by atoms with E-state index >= 15 is 0 Å². The Hall–Kier alpha value is -1.65. The molecule has 1 atom stereocenters. The smallest absolute Gasteiger partial charge is 0.277 e. The Morgan fingerprint density at radius 3 is 2.47 bits per heavy atom. The van der Waals surface area contributed by atoms with E-state index in [1.54, 1.807) is 0 Å². The molecule has 94 valence electrons. The Morgan fingerprint density at radius 2 is 2.06 bits per heavy atom. The average molecular weight is 243 g/mol. The molecule has 0 radical (unpaired) electrons. The van der Waals surface area contributed by atoms with Crippen LogP contribution in [0.4, 0.5) is 4.79 Å². The Morgan fingerprint density at radius 1 is 1.47 bits per heavy atom. The highest BCUT2D eigenvalue weighted by Gasteiger charge is 2.52. The summed E-state index contributed by atoms with van der Waals surface area (Å²) >= 11 is 0. The lowest BCUT2D eigenvalue weighted by atomic mass is 9.69. The summed E-state index contributed by atoms with van der Waals surface area (Å²) in [6.07, 6.45) is -1.78. The van der Waals surface area contributed by atoms with Crippen molar-refractivity contribution in [2.45, 2.75) is 33.0 Å². The van der Waals surface area contributed by atoms with Gasteiger partial charge in [0.15, 0.2) is 0 Å². The Kier molecular flexibility index (Phi) is 2.30. The van der Waals surface area contributed by atoms with E-state index in [0.29, 0.717) is 0 Å². The molecule has 0 aromatic carbocycles. The predicted molar refractivity (Wildman–Crippen MR) is 63.0 cm³/mol. The number of hydrogen-bond acceptors (Lipinski definition) is 3. The molecule has 1 aliphatic rings. The first-order valence-electron chi connectivity index (χ1n) is 7.71. The van der Waals surface area contributed by atoms with Crippen molar-refractivity contribution in [1.82, 2.24) is 10.6 Å². The lowest BCUT2D eigenvalue weighted by Crippen LogP contribution is -2.64. The molecular formula is C12H18N2O3. The SMILES string of the molecule is [2H]C([2H])([2H])C(C([2H])([2H])CC)C1(CC=C)C(=O)NC(=O)NC1=O. The summed E-state index contributed by atoms with van der Waals surface area (Å²) in [7, 11) is 0. The van der Waals surface area contributed by atoms with E-state index in [-0.39, 0.29) is 6.42 Å². The lowest BCUT2D eigenvalue weighted by molar-refractivity contribution is -0.148. The minimum absolute atomic E-state index is 0.219. The van der Waals surface area contributed by atoms with Gasteiger partial charge in [-0.05, 0) is 18.7 Å². The van der Waals surface area contributed by atoms with Crippen LogP contribution in [0, 0.1) is 11.3 Å². The minimum Gasteiger partial charge on any atom is -0.277 e. The zero-order valence-electron chi connectivity index (χ0n) is 14.5. The van der Waals surface area contributed by atoms with Gasteiger partial charge in [-0.2, -0.15) is 0 Å². The van der Waals surface area contributed by atoms with Crippen molar-refractivity contribution in [3.63, 3.8) is 0 Å². The van der Waals surface area contributed by atoms with Crippen molar-refractivity contribution in [2.75, 3.05) is 0 Å². The largest absolute Gasteiger partial charge is 0.328 e. The van der Waals surface area contributed by atoms with E-state index in [4.69, 9.17) is 6.85 Å². The van der Waals surface area contributed by atoms with Crippen molar-refractivity contribution in [1.29, 1.82) is 0 Å². The molecule has 1 aliphatic heterocycles. The van der Waals surface area contributed by atoms with Crippen LogP contribution in [0.25, 0.3) is 0 Å². The number of rotatable bonds is 5. The number of hydrogen-bond donors (Lipinski definition) is 2. The summed E-state index contributed by atoms with van der Waals surface area (Å²) in [6.45, 7) is 1.90. The maximum atomic E-state index is 12.3. The lowest BCUT2D eigenvalue weighted by Gasteiger charge is -2.37. The van der Waals surface area contributed by atoms with Gasteiger partial charge >= 0.3 is 6.03 Å². The molecule has 5 nitrogen and oxygen atoms in total. The number of amides is 4. The summed E-state index contributed by atoms with van der Waals surface area (Å²) in [5.41, 5.74) is -2.26. The molecule has 1 unspecified atom stereocenters. The maximum absolute atomic E-state index is 12.3. The fraction of sp³-hybridized carbons (Fsp3) is 0.583.